The number of rotatable bonds is 5. The van der Waals surface area contributed by atoms with Crippen LogP contribution in [-0.2, 0) is 4.79 Å². The van der Waals surface area contributed by atoms with Crippen LogP contribution in [0, 0.1) is 20.8 Å². The molecule has 8 heteroatoms. The van der Waals surface area contributed by atoms with E-state index in [1.54, 1.807) is 16.7 Å². The first-order valence-electron chi connectivity index (χ1n) is 9.61. The van der Waals surface area contributed by atoms with Crippen molar-refractivity contribution in [2.24, 2.45) is 0 Å². The first-order chi connectivity index (χ1) is 14.8. The predicted octanol–water partition coefficient (Wildman–Crippen LogP) is 5.76. The van der Waals surface area contributed by atoms with Gasteiger partial charge in [0.25, 0.3) is 5.56 Å². The molecule has 0 unspecified atom stereocenters. The average molecular weight is 470 g/mol. The molecular weight excluding hydrogens is 450 g/mol. The molecule has 0 bridgehead atoms. The highest BCUT2D eigenvalue weighted by Crippen LogP contribution is 2.26. The number of benzene rings is 2. The Morgan fingerprint density at radius 2 is 1.97 bits per heavy atom. The molecule has 0 aliphatic carbocycles. The molecule has 0 spiro atoms. The SMILES string of the molecule is Cc1ccc(-n2c(SCC(=O)Nc3cccc(Cl)c3C)nc3ccsc3c2=O)cc1C. The van der Waals surface area contributed by atoms with Gasteiger partial charge < -0.3 is 5.32 Å². The maximum atomic E-state index is 13.2. The van der Waals surface area contributed by atoms with Gasteiger partial charge in [0.2, 0.25) is 5.91 Å². The fourth-order valence-corrected chi connectivity index (χ4v) is 4.89. The van der Waals surface area contributed by atoms with E-state index < -0.39 is 0 Å². The zero-order valence-corrected chi connectivity index (χ0v) is 19.6. The van der Waals surface area contributed by atoms with Crippen LogP contribution < -0.4 is 10.9 Å². The van der Waals surface area contributed by atoms with Gasteiger partial charge >= 0.3 is 0 Å². The van der Waals surface area contributed by atoms with Gasteiger partial charge in [-0.1, -0.05) is 35.5 Å². The fourth-order valence-electron chi connectivity index (χ4n) is 3.14. The maximum absolute atomic E-state index is 13.2. The van der Waals surface area contributed by atoms with Crippen LogP contribution in [0.2, 0.25) is 5.02 Å². The number of hydrogen-bond acceptors (Lipinski definition) is 5. The highest BCUT2D eigenvalue weighted by atomic mass is 35.5. The summed E-state index contributed by atoms with van der Waals surface area (Å²) in [4.78, 5) is 30.5. The fraction of sp³-hybridized carbons (Fsp3) is 0.174. The Bertz CT molecular complexity index is 1360. The van der Waals surface area contributed by atoms with Gasteiger partial charge in [-0.25, -0.2) is 4.98 Å². The molecule has 2 aromatic carbocycles. The van der Waals surface area contributed by atoms with Crippen LogP contribution in [0.3, 0.4) is 0 Å². The molecule has 0 atom stereocenters. The van der Waals surface area contributed by atoms with E-state index >= 15 is 0 Å². The van der Waals surface area contributed by atoms with E-state index in [0.29, 0.717) is 26.1 Å². The number of nitrogens with zero attached hydrogens (tertiary/aromatic N) is 2. The Balaban J connectivity index is 1.66. The molecule has 0 saturated heterocycles. The van der Waals surface area contributed by atoms with E-state index in [0.717, 1.165) is 22.4 Å². The molecule has 1 amide bonds. The number of hydrogen-bond donors (Lipinski definition) is 1. The van der Waals surface area contributed by atoms with Crippen molar-refractivity contribution in [2.45, 2.75) is 25.9 Å². The lowest BCUT2D eigenvalue weighted by Gasteiger charge is -2.14. The lowest BCUT2D eigenvalue weighted by Crippen LogP contribution is -2.22. The van der Waals surface area contributed by atoms with Crippen molar-refractivity contribution in [3.8, 4) is 5.69 Å². The predicted molar refractivity (Wildman–Crippen MR) is 130 cm³/mol. The molecule has 0 aliphatic heterocycles. The van der Waals surface area contributed by atoms with Crippen LogP contribution in [-0.4, -0.2) is 21.2 Å². The molecule has 2 heterocycles. The minimum atomic E-state index is -0.193. The third kappa shape index (κ3) is 4.39. The molecule has 0 fully saturated rings. The van der Waals surface area contributed by atoms with Gasteiger partial charge in [-0.2, -0.15) is 0 Å². The number of aromatic nitrogens is 2. The second-order valence-corrected chi connectivity index (χ2v) is 9.45. The number of thiophene rings is 1. The number of anilines is 1. The Morgan fingerprint density at radius 1 is 1.16 bits per heavy atom. The summed E-state index contributed by atoms with van der Waals surface area (Å²) < 4.78 is 2.19. The van der Waals surface area contributed by atoms with Crippen LogP contribution in [0.15, 0.2) is 57.8 Å². The first kappa shape index (κ1) is 21.6. The third-order valence-electron chi connectivity index (χ3n) is 5.07. The summed E-state index contributed by atoms with van der Waals surface area (Å²) in [5.41, 5.74) is 4.97. The van der Waals surface area contributed by atoms with Gasteiger partial charge in [-0.05, 0) is 73.2 Å². The van der Waals surface area contributed by atoms with E-state index in [-0.39, 0.29) is 17.2 Å². The van der Waals surface area contributed by atoms with E-state index in [1.807, 2.05) is 56.5 Å². The molecule has 2 aromatic heterocycles. The number of carbonyl (C=O) groups excluding carboxylic acids is 1. The molecule has 0 saturated carbocycles. The number of fused-ring (bicyclic) bond motifs is 1. The number of nitrogens with one attached hydrogen (secondary N) is 1. The van der Waals surface area contributed by atoms with Gasteiger partial charge in [-0.3, -0.25) is 14.2 Å². The summed E-state index contributed by atoms with van der Waals surface area (Å²) in [5, 5.41) is 5.82. The molecular formula is C23H20ClN3O2S2. The van der Waals surface area contributed by atoms with Crippen LogP contribution in [0.4, 0.5) is 5.69 Å². The molecule has 4 aromatic rings. The zero-order chi connectivity index (χ0) is 22.1. The summed E-state index contributed by atoms with van der Waals surface area (Å²) >= 11 is 8.75. The highest BCUT2D eigenvalue weighted by Gasteiger charge is 2.16. The molecule has 5 nitrogen and oxygen atoms in total. The van der Waals surface area contributed by atoms with E-state index in [2.05, 4.69) is 10.3 Å². The Labute approximate surface area is 193 Å². The lowest BCUT2D eigenvalue weighted by molar-refractivity contribution is -0.113. The monoisotopic (exact) mass is 469 g/mol. The van der Waals surface area contributed by atoms with Gasteiger partial charge in [0.05, 0.1) is 17.0 Å². The minimum Gasteiger partial charge on any atom is -0.325 e. The summed E-state index contributed by atoms with van der Waals surface area (Å²) in [7, 11) is 0. The smallest absolute Gasteiger partial charge is 0.276 e. The number of carbonyl (C=O) groups is 1. The summed E-state index contributed by atoms with van der Waals surface area (Å²) in [6.45, 7) is 5.89. The van der Waals surface area contributed by atoms with Gasteiger partial charge in [0.15, 0.2) is 5.16 Å². The number of halogens is 1. The molecule has 31 heavy (non-hydrogen) atoms. The quantitative estimate of drug-likeness (QED) is 0.298. The number of thioether (sulfide) groups is 1. The van der Waals surface area contributed by atoms with Crippen molar-refractivity contribution in [3.63, 3.8) is 0 Å². The standard InChI is InChI=1S/C23H20ClN3O2S2/c1-13-7-8-16(11-14(13)2)27-22(29)21-19(9-10-30-21)26-23(27)31-12-20(28)25-18-6-4-5-17(24)15(18)3/h4-11H,12H2,1-3H3,(H,25,28). The van der Waals surface area contributed by atoms with E-state index in [4.69, 9.17) is 11.6 Å². The summed E-state index contributed by atoms with van der Waals surface area (Å²) in [6.07, 6.45) is 0. The first-order valence-corrected chi connectivity index (χ1v) is 11.8. The van der Waals surface area contributed by atoms with Gasteiger partial charge in [0.1, 0.15) is 4.70 Å². The molecule has 1 N–H and O–H groups in total. The van der Waals surface area contributed by atoms with Gasteiger partial charge in [0, 0.05) is 10.7 Å². The molecule has 158 valence electrons. The maximum Gasteiger partial charge on any atom is 0.276 e. The third-order valence-corrected chi connectivity index (χ3v) is 7.31. The Morgan fingerprint density at radius 3 is 2.74 bits per heavy atom. The van der Waals surface area contributed by atoms with Crippen molar-refractivity contribution >= 4 is 56.5 Å². The van der Waals surface area contributed by atoms with E-state index in [9.17, 15) is 9.59 Å². The number of amides is 1. The molecule has 0 radical (unpaired) electrons. The van der Waals surface area contributed by atoms with Crippen molar-refractivity contribution in [1.82, 2.24) is 9.55 Å². The van der Waals surface area contributed by atoms with Crippen molar-refractivity contribution in [2.75, 3.05) is 11.1 Å². The van der Waals surface area contributed by atoms with Crippen molar-refractivity contribution < 1.29 is 4.79 Å². The lowest BCUT2D eigenvalue weighted by atomic mass is 10.1. The van der Waals surface area contributed by atoms with Crippen LogP contribution in [0.25, 0.3) is 15.9 Å². The minimum absolute atomic E-state index is 0.110. The zero-order valence-electron chi connectivity index (χ0n) is 17.2. The Hall–Kier alpha value is -2.61. The average Bonchev–Trinajstić information content (AvgIpc) is 3.21. The topological polar surface area (TPSA) is 64.0 Å². The van der Waals surface area contributed by atoms with E-state index in [1.165, 1.54) is 23.1 Å². The Kier molecular flexibility index (Phi) is 6.18. The second-order valence-electron chi connectivity index (χ2n) is 7.19. The number of aryl methyl sites for hydroxylation is 2. The van der Waals surface area contributed by atoms with Crippen LogP contribution >= 0.6 is 34.7 Å². The summed E-state index contributed by atoms with van der Waals surface area (Å²) in [5.74, 6) is -0.0829. The summed E-state index contributed by atoms with van der Waals surface area (Å²) in [6, 6.07) is 13.1. The second kappa shape index (κ2) is 8.86. The molecule has 0 aliphatic rings. The molecule has 4 rings (SSSR count). The van der Waals surface area contributed by atoms with Crippen LogP contribution in [0.1, 0.15) is 16.7 Å². The van der Waals surface area contributed by atoms with Crippen molar-refractivity contribution in [1.29, 1.82) is 0 Å². The normalized spacial score (nSPS) is 11.1. The highest BCUT2D eigenvalue weighted by molar-refractivity contribution is 7.99. The van der Waals surface area contributed by atoms with Crippen molar-refractivity contribution in [3.05, 3.63) is 79.9 Å². The van der Waals surface area contributed by atoms with Crippen LogP contribution in [0.5, 0.6) is 0 Å². The largest absolute Gasteiger partial charge is 0.325 e. The van der Waals surface area contributed by atoms with Gasteiger partial charge in [-0.15, -0.1) is 11.3 Å².